The van der Waals surface area contributed by atoms with E-state index in [1.54, 1.807) is 18.2 Å². The SMILES string of the molecule is CCCCOc1ccc(C(=O)NCCNC)cc1OCC.Cl. The quantitative estimate of drug-likeness (QED) is 0.647. The maximum absolute atomic E-state index is 12.0. The molecule has 1 amide bonds. The summed E-state index contributed by atoms with van der Waals surface area (Å²) in [4.78, 5) is 12.0. The van der Waals surface area contributed by atoms with Gasteiger partial charge in [-0.1, -0.05) is 13.3 Å². The number of carbonyl (C=O) groups is 1. The first kappa shape index (κ1) is 20.5. The molecular formula is C16H27ClN2O3. The molecule has 1 aromatic rings. The molecule has 6 heteroatoms. The van der Waals surface area contributed by atoms with Gasteiger partial charge in [-0.05, 0) is 38.6 Å². The predicted molar refractivity (Wildman–Crippen MR) is 91.5 cm³/mol. The van der Waals surface area contributed by atoms with Gasteiger partial charge < -0.3 is 20.1 Å². The number of hydrogen-bond acceptors (Lipinski definition) is 4. The lowest BCUT2D eigenvalue weighted by molar-refractivity contribution is 0.0953. The van der Waals surface area contributed by atoms with Crippen LogP contribution < -0.4 is 20.1 Å². The fraction of sp³-hybridized carbons (Fsp3) is 0.562. The van der Waals surface area contributed by atoms with E-state index in [4.69, 9.17) is 9.47 Å². The summed E-state index contributed by atoms with van der Waals surface area (Å²) in [6.45, 7) is 6.55. The van der Waals surface area contributed by atoms with Crippen LogP contribution in [0.25, 0.3) is 0 Å². The normalized spacial score (nSPS) is 9.77. The largest absolute Gasteiger partial charge is 0.490 e. The molecular weight excluding hydrogens is 304 g/mol. The number of carbonyl (C=O) groups excluding carboxylic acids is 1. The number of rotatable bonds is 10. The highest BCUT2D eigenvalue weighted by Gasteiger charge is 2.11. The third kappa shape index (κ3) is 7.00. The Bertz CT molecular complexity index is 441. The van der Waals surface area contributed by atoms with Gasteiger partial charge in [-0.25, -0.2) is 0 Å². The molecule has 1 rings (SSSR count). The minimum absolute atomic E-state index is 0. The average Bonchev–Trinajstić information content (AvgIpc) is 2.49. The molecule has 22 heavy (non-hydrogen) atoms. The molecule has 0 saturated heterocycles. The highest BCUT2D eigenvalue weighted by atomic mass is 35.5. The van der Waals surface area contributed by atoms with Gasteiger partial charge in [0.1, 0.15) is 0 Å². The zero-order valence-electron chi connectivity index (χ0n) is 13.6. The predicted octanol–water partition coefficient (Wildman–Crippen LogP) is 2.64. The molecule has 0 unspecified atom stereocenters. The summed E-state index contributed by atoms with van der Waals surface area (Å²) in [6, 6.07) is 5.30. The summed E-state index contributed by atoms with van der Waals surface area (Å²) in [5, 5.41) is 5.83. The van der Waals surface area contributed by atoms with E-state index in [2.05, 4.69) is 17.6 Å². The second-order valence-electron chi connectivity index (χ2n) is 4.66. The number of ether oxygens (including phenoxy) is 2. The van der Waals surface area contributed by atoms with Crippen LogP contribution in [0.5, 0.6) is 11.5 Å². The lowest BCUT2D eigenvalue weighted by Crippen LogP contribution is -2.30. The van der Waals surface area contributed by atoms with Crippen LogP contribution in [0.1, 0.15) is 37.0 Å². The van der Waals surface area contributed by atoms with Crippen LogP contribution in [0, 0.1) is 0 Å². The van der Waals surface area contributed by atoms with Crippen LogP contribution in [-0.4, -0.2) is 39.3 Å². The molecule has 0 aliphatic rings. The van der Waals surface area contributed by atoms with Gasteiger partial charge in [0.2, 0.25) is 0 Å². The molecule has 0 spiro atoms. The van der Waals surface area contributed by atoms with Gasteiger partial charge in [-0.3, -0.25) is 4.79 Å². The Morgan fingerprint density at radius 3 is 2.55 bits per heavy atom. The second kappa shape index (κ2) is 12.1. The Kier molecular flexibility index (Phi) is 11.3. The maximum atomic E-state index is 12.0. The van der Waals surface area contributed by atoms with Crippen molar-refractivity contribution < 1.29 is 14.3 Å². The second-order valence-corrected chi connectivity index (χ2v) is 4.66. The molecule has 0 saturated carbocycles. The molecule has 0 aromatic heterocycles. The summed E-state index contributed by atoms with van der Waals surface area (Å²) in [5.74, 6) is 1.21. The van der Waals surface area contributed by atoms with Crippen molar-refractivity contribution >= 4 is 18.3 Å². The fourth-order valence-electron chi connectivity index (χ4n) is 1.77. The molecule has 0 aliphatic heterocycles. The summed E-state index contributed by atoms with van der Waals surface area (Å²) in [7, 11) is 1.85. The van der Waals surface area contributed by atoms with Crippen molar-refractivity contribution in [1.29, 1.82) is 0 Å². The molecule has 0 fully saturated rings. The number of amides is 1. The van der Waals surface area contributed by atoms with E-state index in [0.717, 1.165) is 19.4 Å². The van der Waals surface area contributed by atoms with E-state index < -0.39 is 0 Å². The van der Waals surface area contributed by atoms with Crippen molar-refractivity contribution in [3.05, 3.63) is 23.8 Å². The van der Waals surface area contributed by atoms with Gasteiger partial charge in [0.15, 0.2) is 11.5 Å². The van der Waals surface area contributed by atoms with Gasteiger partial charge in [-0.2, -0.15) is 0 Å². The third-order valence-electron chi connectivity index (χ3n) is 2.92. The lowest BCUT2D eigenvalue weighted by Gasteiger charge is -2.13. The van der Waals surface area contributed by atoms with Crippen molar-refractivity contribution in [1.82, 2.24) is 10.6 Å². The highest BCUT2D eigenvalue weighted by molar-refractivity contribution is 5.94. The number of nitrogens with one attached hydrogen (secondary N) is 2. The highest BCUT2D eigenvalue weighted by Crippen LogP contribution is 2.28. The first-order chi connectivity index (χ1) is 10.2. The molecule has 2 N–H and O–H groups in total. The molecule has 0 aliphatic carbocycles. The Balaban J connectivity index is 0.00000441. The zero-order chi connectivity index (χ0) is 15.5. The third-order valence-corrected chi connectivity index (χ3v) is 2.92. The van der Waals surface area contributed by atoms with Gasteiger partial charge in [0.25, 0.3) is 5.91 Å². The van der Waals surface area contributed by atoms with E-state index in [0.29, 0.717) is 36.8 Å². The van der Waals surface area contributed by atoms with Crippen molar-refractivity contribution in [3.8, 4) is 11.5 Å². The molecule has 5 nitrogen and oxygen atoms in total. The van der Waals surface area contributed by atoms with E-state index in [1.807, 2.05) is 14.0 Å². The molecule has 0 bridgehead atoms. The van der Waals surface area contributed by atoms with Crippen molar-refractivity contribution in [3.63, 3.8) is 0 Å². The van der Waals surface area contributed by atoms with E-state index in [9.17, 15) is 4.79 Å². The van der Waals surface area contributed by atoms with Crippen molar-refractivity contribution in [2.75, 3.05) is 33.4 Å². The van der Waals surface area contributed by atoms with Gasteiger partial charge >= 0.3 is 0 Å². The molecule has 1 aromatic carbocycles. The average molecular weight is 331 g/mol. The van der Waals surface area contributed by atoms with Crippen LogP contribution in [0.15, 0.2) is 18.2 Å². The number of halogens is 1. The lowest BCUT2D eigenvalue weighted by atomic mass is 10.2. The van der Waals surface area contributed by atoms with E-state index in [1.165, 1.54) is 0 Å². The maximum Gasteiger partial charge on any atom is 0.251 e. The summed E-state index contributed by atoms with van der Waals surface area (Å²) < 4.78 is 11.3. The Morgan fingerprint density at radius 1 is 1.14 bits per heavy atom. The number of benzene rings is 1. The fourth-order valence-corrected chi connectivity index (χ4v) is 1.77. The van der Waals surface area contributed by atoms with Gasteiger partial charge in [0, 0.05) is 18.7 Å². The number of unbranched alkanes of at least 4 members (excludes halogenated alkanes) is 1. The molecule has 0 radical (unpaired) electrons. The standard InChI is InChI=1S/C16H26N2O3.ClH/c1-4-6-11-21-14-8-7-13(12-15(14)20-5-2)16(19)18-10-9-17-3;/h7-8,12,17H,4-6,9-11H2,1-3H3,(H,18,19);1H. The summed E-state index contributed by atoms with van der Waals surface area (Å²) in [5.41, 5.74) is 0.581. The summed E-state index contributed by atoms with van der Waals surface area (Å²) >= 11 is 0. The van der Waals surface area contributed by atoms with Gasteiger partial charge in [0.05, 0.1) is 13.2 Å². The van der Waals surface area contributed by atoms with Gasteiger partial charge in [-0.15, -0.1) is 12.4 Å². The molecule has 126 valence electrons. The number of likely N-dealkylation sites (N-methyl/N-ethyl adjacent to an activating group) is 1. The smallest absolute Gasteiger partial charge is 0.251 e. The first-order valence-electron chi connectivity index (χ1n) is 7.55. The molecule has 0 atom stereocenters. The topological polar surface area (TPSA) is 59.6 Å². The minimum atomic E-state index is -0.105. The van der Waals surface area contributed by atoms with Crippen LogP contribution in [-0.2, 0) is 0 Å². The Labute approximate surface area is 139 Å². The Hall–Kier alpha value is -1.46. The minimum Gasteiger partial charge on any atom is -0.490 e. The van der Waals surface area contributed by atoms with Crippen LogP contribution in [0.3, 0.4) is 0 Å². The molecule has 0 heterocycles. The van der Waals surface area contributed by atoms with Crippen LogP contribution in [0.2, 0.25) is 0 Å². The van der Waals surface area contributed by atoms with E-state index in [-0.39, 0.29) is 18.3 Å². The monoisotopic (exact) mass is 330 g/mol. The number of hydrogen-bond donors (Lipinski definition) is 2. The van der Waals surface area contributed by atoms with E-state index >= 15 is 0 Å². The van der Waals surface area contributed by atoms with Crippen molar-refractivity contribution in [2.24, 2.45) is 0 Å². The zero-order valence-corrected chi connectivity index (χ0v) is 14.4. The van der Waals surface area contributed by atoms with Crippen molar-refractivity contribution in [2.45, 2.75) is 26.7 Å². The summed E-state index contributed by atoms with van der Waals surface area (Å²) in [6.07, 6.45) is 2.08. The van der Waals surface area contributed by atoms with Crippen LogP contribution in [0.4, 0.5) is 0 Å². The Morgan fingerprint density at radius 2 is 1.91 bits per heavy atom. The van der Waals surface area contributed by atoms with Crippen LogP contribution >= 0.6 is 12.4 Å². The first-order valence-corrected chi connectivity index (χ1v) is 7.55.